The van der Waals surface area contributed by atoms with Crippen LogP contribution in [0.4, 0.5) is 0 Å². The molecule has 1 aliphatic rings. The summed E-state index contributed by atoms with van der Waals surface area (Å²) in [5.41, 5.74) is 9.07. The second-order valence-corrected chi connectivity index (χ2v) is 6.61. The van der Waals surface area contributed by atoms with Crippen molar-refractivity contribution in [3.05, 3.63) is 35.4 Å². The van der Waals surface area contributed by atoms with E-state index in [9.17, 15) is 0 Å². The van der Waals surface area contributed by atoms with Crippen molar-refractivity contribution in [1.29, 1.82) is 0 Å². The summed E-state index contributed by atoms with van der Waals surface area (Å²) in [6.07, 6.45) is 2.32. The first-order valence-corrected chi connectivity index (χ1v) is 8.12. The Morgan fingerprint density at radius 3 is 2.30 bits per heavy atom. The van der Waals surface area contributed by atoms with Crippen LogP contribution in [0.3, 0.4) is 0 Å². The molecule has 0 spiro atoms. The van der Waals surface area contributed by atoms with Gasteiger partial charge in [-0.1, -0.05) is 51.5 Å². The summed E-state index contributed by atoms with van der Waals surface area (Å²) in [5, 5.41) is 0. The van der Waals surface area contributed by atoms with Gasteiger partial charge in [-0.25, -0.2) is 0 Å². The van der Waals surface area contributed by atoms with Gasteiger partial charge < -0.3 is 5.73 Å². The van der Waals surface area contributed by atoms with Crippen LogP contribution in [-0.2, 0) is 0 Å². The van der Waals surface area contributed by atoms with E-state index in [1.807, 2.05) is 0 Å². The molecule has 3 atom stereocenters. The molecule has 1 heterocycles. The SMILES string of the molecule is CCC1CN(C(C)c2ccc(C(C)C)cc2)CCC1N. The van der Waals surface area contributed by atoms with E-state index in [4.69, 9.17) is 5.73 Å². The largest absolute Gasteiger partial charge is 0.327 e. The highest BCUT2D eigenvalue weighted by Gasteiger charge is 2.28. The topological polar surface area (TPSA) is 29.3 Å². The lowest BCUT2D eigenvalue weighted by molar-refractivity contribution is 0.114. The molecule has 1 fully saturated rings. The van der Waals surface area contributed by atoms with Crippen molar-refractivity contribution in [2.45, 2.75) is 58.5 Å². The molecular weight excluding hydrogens is 244 g/mol. The van der Waals surface area contributed by atoms with Crippen molar-refractivity contribution in [3.63, 3.8) is 0 Å². The van der Waals surface area contributed by atoms with Gasteiger partial charge in [0.1, 0.15) is 0 Å². The standard InChI is InChI=1S/C18H30N2/c1-5-15-12-20(11-10-18(15)19)14(4)17-8-6-16(7-9-17)13(2)3/h6-9,13-15,18H,5,10-12,19H2,1-4H3. The monoisotopic (exact) mass is 274 g/mol. The molecular formula is C18H30N2. The Morgan fingerprint density at radius 2 is 1.75 bits per heavy atom. The normalized spacial score (nSPS) is 25.9. The minimum Gasteiger partial charge on any atom is -0.327 e. The van der Waals surface area contributed by atoms with Crippen molar-refractivity contribution < 1.29 is 0 Å². The molecule has 112 valence electrons. The van der Waals surface area contributed by atoms with Gasteiger partial charge in [-0.3, -0.25) is 4.90 Å². The van der Waals surface area contributed by atoms with Gasteiger partial charge in [-0.2, -0.15) is 0 Å². The van der Waals surface area contributed by atoms with Crippen molar-refractivity contribution in [2.75, 3.05) is 13.1 Å². The van der Waals surface area contributed by atoms with Crippen LogP contribution >= 0.6 is 0 Å². The Hall–Kier alpha value is -0.860. The lowest BCUT2D eigenvalue weighted by atomic mass is 9.89. The van der Waals surface area contributed by atoms with Crippen molar-refractivity contribution in [1.82, 2.24) is 4.90 Å². The van der Waals surface area contributed by atoms with Gasteiger partial charge in [0.15, 0.2) is 0 Å². The predicted octanol–water partition coefficient (Wildman–Crippen LogP) is 3.93. The van der Waals surface area contributed by atoms with E-state index in [0.29, 0.717) is 23.9 Å². The maximum atomic E-state index is 6.22. The number of hydrogen-bond acceptors (Lipinski definition) is 2. The third-order valence-corrected chi connectivity index (χ3v) is 4.98. The summed E-state index contributed by atoms with van der Waals surface area (Å²) in [6, 6.07) is 10.1. The maximum Gasteiger partial charge on any atom is 0.0320 e. The van der Waals surface area contributed by atoms with Gasteiger partial charge in [-0.15, -0.1) is 0 Å². The zero-order chi connectivity index (χ0) is 14.7. The Morgan fingerprint density at radius 1 is 1.15 bits per heavy atom. The van der Waals surface area contributed by atoms with Crippen LogP contribution < -0.4 is 5.73 Å². The molecule has 0 bridgehead atoms. The molecule has 20 heavy (non-hydrogen) atoms. The average molecular weight is 274 g/mol. The summed E-state index contributed by atoms with van der Waals surface area (Å²) in [7, 11) is 0. The summed E-state index contributed by atoms with van der Waals surface area (Å²) in [5.74, 6) is 1.26. The quantitative estimate of drug-likeness (QED) is 0.901. The van der Waals surface area contributed by atoms with Crippen LogP contribution in [0, 0.1) is 5.92 Å². The number of piperidine rings is 1. The molecule has 1 aromatic carbocycles. The van der Waals surface area contributed by atoms with Crippen LogP contribution in [0.2, 0.25) is 0 Å². The van der Waals surface area contributed by atoms with E-state index in [2.05, 4.69) is 56.9 Å². The van der Waals surface area contributed by atoms with E-state index in [1.54, 1.807) is 0 Å². The number of benzene rings is 1. The van der Waals surface area contributed by atoms with E-state index in [-0.39, 0.29) is 0 Å². The van der Waals surface area contributed by atoms with Gasteiger partial charge >= 0.3 is 0 Å². The summed E-state index contributed by atoms with van der Waals surface area (Å²) < 4.78 is 0. The first-order chi connectivity index (χ1) is 9.52. The van der Waals surface area contributed by atoms with Crippen LogP contribution in [0.5, 0.6) is 0 Å². The smallest absolute Gasteiger partial charge is 0.0320 e. The molecule has 1 saturated heterocycles. The highest BCUT2D eigenvalue weighted by molar-refractivity contribution is 5.26. The van der Waals surface area contributed by atoms with Gasteiger partial charge in [0.25, 0.3) is 0 Å². The second kappa shape index (κ2) is 6.73. The maximum absolute atomic E-state index is 6.22. The molecule has 1 aromatic rings. The number of rotatable bonds is 4. The third-order valence-electron chi connectivity index (χ3n) is 4.98. The predicted molar refractivity (Wildman–Crippen MR) is 86.9 cm³/mol. The average Bonchev–Trinajstić information content (AvgIpc) is 2.47. The first kappa shape index (κ1) is 15.5. The van der Waals surface area contributed by atoms with E-state index in [1.165, 1.54) is 17.5 Å². The van der Waals surface area contributed by atoms with Gasteiger partial charge in [0.2, 0.25) is 0 Å². The Balaban J connectivity index is 2.05. The molecule has 3 unspecified atom stereocenters. The number of hydrogen-bond donors (Lipinski definition) is 1. The molecule has 0 aromatic heterocycles. The molecule has 0 amide bonds. The molecule has 2 rings (SSSR count). The van der Waals surface area contributed by atoms with Gasteiger partial charge in [0, 0.05) is 25.2 Å². The van der Waals surface area contributed by atoms with E-state index >= 15 is 0 Å². The Labute approximate surface area is 124 Å². The minimum atomic E-state index is 0.395. The number of nitrogens with zero attached hydrogens (tertiary/aromatic N) is 1. The molecule has 0 saturated carbocycles. The van der Waals surface area contributed by atoms with Crippen LogP contribution in [0.1, 0.15) is 63.6 Å². The van der Waals surface area contributed by atoms with Gasteiger partial charge in [0.05, 0.1) is 0 Å². The fraction of sp³-hybridized carbons (Fsp3) is 0.667. The lowest BCUT2D eigenvalue weighted by Crippen LogP contribution is -2.47. The molecule has 2 nitrogen and oxygen atoms in total. The molecule has 0 radical (unpaired) electrons. The molecule has 2 N–H and O–H groups in total. The second-order valence-electron chi connectivity index (χ2n) is 6.61. The Kier molecular flexibility index (Phi) is 5.22. The van der Waals surface area contributed by atoms with Crippen molar-refractivity contribution in [3.8, 4) is 0 Å². The third kappa shape index (κ3) is 3.42. The minimum absolute atomic E-state index is 0.395. The zero-order valence-corrected chi connectivity index (χ0v) is 13.5. The fourth-order valence-corrected chi connectivity index (χ4v) is 3.23. The van der Waals surface area contributed by atoms with Crippen LogP contribution in [-0.4, -0.2) is 24.0 Å². The van der Waals surface area contributed by atoms with E-state index in [0.717, 1.165) is 19.5 Å². The highest BCUT2D eigenvalue weighted by atomic mass is 15.2. The lowest BCUT2D eigenvalue weighted by Gasteiger charge is -2.40. The summed E-state index contributed by atoms with van der Waals surface area (Å²) in [4.78, 5) is 2.60. The van der Waals surface area contributed by atoms with Gasteiger partial charge in [-0.05, 0) is 36.3 Å². The van der Waals surface area contributed by atoms with Crippen LogP contribution in [0.25, 0.3) is 0 Å². The zero-order valence-electron chi connectivity index (χ0n) is 13.5. The molecule has 2 heteroatoms. The number of nitrogens with two attached hydrogens (primary N) is 1. The highest BCUT2D eigenvalue weighted by Crippen LogP contribution is 2.28. The Bertz CT molecular complexity index is 410. The van der Waals surface area contributed by atoms with Crippen molar-refractivity contribution >= 4 is 0 Å². The van der Waals surface area contributed by atoms with Crippen LogP contribution in [0.15, 0.2) is 24.3 Å². The molecule has 1 aliphatic heterocycles. The number of likely N-dealkylation sites (tertiary alicyclic amines) is 1. The summed E-state index contributed by atoms with van der Waals surface area (Å²) >= 11 is 0. The first-order valence-electron chi connectivity index (χ1n) is 8.12. The fourth-order valence-electron chi connectivity index (χ4n) is 3.23. The molecule has 0 aliphatic carbocycles. The van der Waals surface area contributed by atoms with E-state index < -0.39 is 0 Å². The van der Waals surface area contributed by atoms with Crippen molar-refractivity contribution in [2.24, 2.45) is 11.7 Å². The summed E-state index contributed by atoms with van der Waals surface area (Å²) in [6.45, 7) is 11.4.